The highest BCUT2D eigenvalue weighted by molar-refractivity contribution is 9.10. The van der Waals surface area contributed by atoms with Gasteiger partial charge in [-0.05, 0) is 40.5 Å². The molecule has 2 aromatic rings. The molecular weight excluding hydrogens is 305 g/mol. The Bertz CT molecular complexity index is 567. The number of Topliss-reactive ketones (excluding diaryl/α,β-unsaturated/α-hetero) is 1. The number of rotatable bonds is 3. The highest BCUT2D eigenvalue weighted by Crippen LogP contribution is 2.20. The van der Waals surface area contributed by atoms with Gasteiger partial charge in [-0.3, -0.25) is 4.79 Å². The molecular formula is C12H9BrFNOS. The normalized spacial score (nSPS) is 10.5. The first-order valence-corrected chi connectivity index (χ1v) is 6.62. The molecule has 0 spiro atoms. The van der Waals surface area contributed by atoms with Crippen LogP contribution in [0.3, 0.4) is 0 Å². The maximum atomic E-state index is 13.0. The van der Waals surface area contributed by atoms with Gasteiger partial charge >= 0.3 is 0 Å². The van der Waals surface area contributed by atoms with Gasteiger partial charge in [-0.15, -0.1) is 11.3 Å². The number of benzene rings is 1. The number of ketones is 1. The van der Waals surface area contributed by atoms with E-state index in [0.29, 0.717) is 9.35 Å². The van der Waals surface area contributed by atoms with E-state index in [4.69, 9.17) is 0 Å². The first-order chi connectivity index (χ1) is 8.08. The van der Waals surface area contributed by atoms with Gasteiger partial charge < -0.3 is 0 Å². The van der Waals surface area contributed by atoms with Crippen LogP contribution in [0, 0.1) is 12.7 Å². The van der Waals surface area contributed by atoms with Gasteiger partial charge in [-0.1, -0.05) is 6.07 Å². The minimum absolute atomic E-state index is 0.0171. The van der Waals surface area contributed by atoms with Crippen LogP contribution in [0.15, 0.2) is 28.2 Å². The van der Waals surface area contributed by atoms with Crippen molar-refractivity contribution in [2.45, 2.75) is 13.3 Å². The van der Waals surface area contributed by atoms with Gasteiger partial charge in [-0.25, -0.2) is 9.37 Å². The molecule has 0 bridgehead atoms. The molecule has 1 aromatic carbocycles. The van der Waals surface area contributed by atoms with E-state index in [1.54, 1.807) is 17.6 Å². The number of carbonyl (C=O) groups is 1. The fourth-order valence-electron chi connectivity index (χ4n) is 1.48. The zero-order valence-electron chi connectivity index (χ0n) is 9.04. The summed E-state index contributed by atoms with van der Waals surface area (Å²) in [6, 6.07) is 4.60. The van der Waals surface area contributed by atoms with Gasteiger partial charge in [0.2, 0.25) is 0 Å². The zero-order valence-corrected chi connectivity index (χ0v) is 11.4. The Hall–Kier alpha value is -1.07. The van der Waals surface area contributed by atoms with Crippen LogP contribution in [-0.2, 0) is 6.42 Å². The van der Waals surface area contributed by atoms with E-state index in [2.05, 4.69) is 20.9 Å². The van der Waals surface area contributed by atoms with E-state index >= 15 is 0 Å². The number of halogens is 2. The Kier molecular flexibility index (Phi) is 3.69. The maximum Gasteiger partial charge on any atom is 0.179 e. The van der Waals surface area contributed by atoms with Gasteiger partial charge in [-0.2, -0.15) is 0 Å². The molecule has 2 rings (SSSR count). The monoisotopic (exact) mass is 313 g/mol. The minimum atomic E-state index is -0.324. The van der Waals surface area contributed by atoms with Gasteiger partial charge in [0.1, 0.15) is 5.82 Å². The standard InChI is InChI=1S/C12H9BrFNOS/c1-7-12(17-6-15-7)11(16)5-8-2-3-10(14)9(13)4-8/h2-4,6H,5H2,1H3. The number of hydrogen-bond acceptors (Lipinski definition) is 3. The average molecular weight is 314 g/mol. The summed E-state index contributed by atoms with van der Waals surface area (Å²) in [6.07, 6.45) is 0.266. The van der Waals surface area contributed by atoms with Crippen LogP contribution < -0.4 is 0 Å². The molecule has 88 valence electrons. The fourth-order valence-corrected chi connectivity index (χ4v) is 2.65. The number of hydrogen-bond donors (Lipinski definition) is 0. The second-order valence-electron chi connectivity index (χ2n) is 3.62. The second-order valence-corrected chi connectivity index (χ2v) is 5.32. The Labute approximate surface area is 111 Å². The van der Waals surface area contributed by atoms with Gasteiger partial charge in [0.05, 0.1) is 20.6 Å². The molecule has 0 unspecified atom stereocenters. The lowest BCUT2D eigenvalue weighted by molar-refractivity contribution is 0.0996. The van der Waals surface area contributed by atoms with Gasteiger partial charge in [0, 0.05) is 6.42 Å². The SMILES string of the molecule is Cc1ncsc1C(=O)Cc1ccc(F)c(Br)c1. The van der Waals surface area contributed by atoms with Crippen LogP contribution in [0.5, 0.6) is 0 Å². The summed E-state index contributed by atoms with van der Waals surface area (Å²) in [5, 5.41) is 0. The van der Waals surface area contributed by atoms with E-state index in [1.165, 1.54) is 17.4 Å². The maximum absolute atomic E-state index is 13.0. The first kappa shape index (κ1) is 12.4. The van der Waals surface area contributed by atoms with Crippen molar-refractivity contribution in [3.8, 4) is 0 Å². The van der Waals surface area contributed by atoms with E-state index in [1.807, 2.05) is 6.92 Å². The number of aromatic nitrogens is 1. The molecule has 0 N–H and O–H groups in total. The van der Waals surface area contributed by atoms with E-state index < -0.39 is 0 Å². The molecule has 5 heteroatoms. The van der Waals surface area contributed by atoms with Crippen molar-refractivity contribution >= 4 is 33.0 Å². The van der Waals surface area contributed by atoms with Crippen LogP contribution >= 0.6 is 27.3 Å². The van der Waals surface area contributed by atoms with Crippen LogP contribution in [0.25, 0.3) is 0 Å². The number of aryl methyl sites for hydroxylation is 1. The third kappa shape index (κ3) is 2.79. The van der Waals surface area contributed by atoms with Gasteiger partial charge in [0.15, 0.2) is 5.78 Å². The van der Waals surface area contributed by atoms with Crippen LogP contribution in [-0.4, -0.2) is 10.8 Å². The van der Waals surface area contributed by atoms with Crippen molar-refractivity contribution in [1.82, 2.24) is 4.98 Å². The van der Waals surface area contributed by atoms with Crippen LogP contribution in [0.4, 0.5) is 4.39 Å². The molecule has 0 amide bonds. The summed E-state index contributed by atoms with van der Waals surface area (Å²) >= 11 is 4.44. The molecule has 2 nitrogen and oxygen atoms in total. The second kappa shape index (κ2) is 5.06. The van der Waals surface area contributed by atoms with Crippen molar-refractivity contribution in [1.29, 1.82) is 0 Å². The smallest absolute Gasteiger partial charge is 0.179 e. The van der Waals surface area contributed by atoms with E-state index in [0.717, 1.165) is 11.3 Å². The highest BCUT2D eigenvalue weighted by Gasteiger charge is 2.13. The molecule has 0 radical (unpaired) electrons. The molecule has 0 aliphatic heterocycles. The Morgan fingerprint density at radius 3 is 2.88 bits per heavy atom. The molecule has 0 saturated carbocycles. The number of nitrogens with zero attached hydrogens (tertiary/aromatic N) is 1. The topological polar surface area (TPSA) is 30.0 Å². The van der Waals surface area contributed by atoms with Gasteiger partial charge in [0.25, 0.3) is 0 Å². The predicted molar refractivity (Wildman–Crippen MR) is 69.0 cm³/mol. The Morgan fingerprint density at radius 1 is 1.53 bits per heavy atom. The zero-order chi connectivity index (χ0) is 12.4. The lowest BCUT2D eigenvalue weighted by Gasteiger charge is -2.01. The average Bonchev–Trinajstić information content (AvgIpc) is 2.70. The summed E-state index contributed by atoms with van der Waals surface area (Å²) in [6.45, 7) is 1.81. The largest absolute Gasteiger partial charge is 0.293 e. The highest BCUT2D eigenvalue weighted by atomic mass is 79.9. The van der Waals surface area contributed by atoms with Crippen molar-refractivity contribution < 1.29 is 9.18 Å². The summed E-state index contributed by atoms with van der Waals surface area (Å²) in [7, 11) is 0. The molecule has 0 fully saturated rings. The fraction of sp³-hybridized carbons (Fsp3) is 0.167. The summed E-state index contributed by atoms with van der Waals surface area (Å²) in [5.41, 5.74) is 3.20. The van der Waals surface area contributed by atoms with E-state index in [-0.39, 0.29) is 18.0 Å². The lowest BCUT2D eigenvalue weighted by atomic mass is 10.1. The molecule has 1 heterocycles. The molecule has 0 atom stereocenters. The summed E-state index contributed by atoms with van der Waals surface area (Å²) in [5.74, 6) is -0.307. The molecule has 0 aliphatic rings. The third-order valence-electron chi connectivity index (χ3n) is 2.35. The van der Waals surface area contributed by atoms with E-state index in [9.17, 15) is 9.18 Å². The molecule has 1 aromatic heterocycles. The first-order valence-electron chi connectivity index (χ1n) is 4.95. The van der Waals surface area contributed by atoms with Crippen molar-refractivity contribution in [3.63, 3.8) is 0 Å². The molecule has 0 aliphatic carbocycles. The third-order valence-corrected chi connectivity index (χ3v) is 3.92. The van der Waals surface area contributed by atoms with Crippen LogP contribution in [0.2, 0.25) is 0 Å². The van der Waals surface area contributed by atoms with Crippen molar-refractivity contribution in [2.75, 3.05) is 0 Å². The molecule has 17 heavy (non-hydrogen) atoms. The molecule has 0 saturated heterocycles. The predicted octanol–water partition coefficient (Wildman–Crippen LogP) is 3.78. The van der Waals surface area contributed by atoms with Crippen molar-refractivity contribution in [3.05, 3.63) is 50.1 Å². The Balaban J connectivity index is 2.19. The summed E-state index contributed by atoms with van der Waals surface area (Å²) < 4.78 is 13.4. The summed E-state index contributed by atoms with van der Waals surface area (Å²) in [4.78, 5) is 16.7. The quantitative estimate of drug-likeness (QED) is 0.807. The number of thiazole rings is 1. The minimum Gasteiger partial charge on any atom is -0.293 e. The van der Waals surface area contributed by atoms with Crippen LogP contribution in [0.1, 0.15) is 20.9 Å². The number of carbonyl (C=O) groups excluding carboxylic acids is 1. The Morgan fingerprint density at radius 2 is 2.29 bits per heavy atom. The lowest BCUT2D eigenvalue weighted by Crippen LogP contribution is -2.03. The van der Waals surface area contributed by atoms with Crippen molar-refractivity contribution in [2.24, 2.45) is 0 Å².